The number of carbonyl (C=O) groups is 1. The summed E-state index contributed by atoms with van der Waals surface area (Å²) in [4.78, 5) is 11.1. The Hall–Kier alpha value is -0.620. The minimum Gasteiger partial charge on any atom is -0.353 e. The van der Waals surface area contributed by atoms with E-state index in [1.807, 2.05) is 0 Å². The number of hydrogen-bond donors (Lipinski definition) is 2. The summed E-state index contributed by atoms with van der Waals surface area (Å²) in [7, 11) is -2.96. The van der Waals surface area contributed by atoms with Gasteiger partial charge in [0.05, 0.1) is 17.0 Å². The molecule has 2 atom stereocenters. The largest absolute Gasteiger partial charge is 0.353 e. The highest BCUT2D eigenvalue weighted by molar-refractivity contribution is 7.92. The predicted octanol–water partition coefficient (Wildman–Crippen LogP) is -0.973. The van der Waals surface area contributed by atoms with Gasteiger partial charge in [0.1, 0.15) is 0 Å². The summed E-state index contributed by atoms with van der Waals surface area (Å²) in [5.41, 5.74) is 5.33. The van der Waals surface area contributed by atoms with E-state index < -0.39 is 21.1 Å². The minimum absolute atomic E-state index is 0.197. The molecule has 0 bridgehead atoms. The van der Waals surface area contributed by atoms with E-state index in [2.05, 4.69) is 5.32 Å². The molecule has 1 amide bonds. The van der Waals surface area contributed by atoms with E-state index in [0.29, 0.717) is 12.8 Å². The van der Waals surface area contributed by atoms with Crippen LogP contribution in [0.4, 0.5) is 0 Å². The number of nitrogens with two attached hydrogens (primary N) is 1. The van der Waals surface area contributed by atoms with Crippen molar-refractivity contribution in [2.45, 2.75) is 31.1 Å². The van der Waals surface area contributed by atoms with Crippen LogP contribution in [0.5, 0.6) is 0 Å². The van der Waals surface area contributed by atoms with Crippen LogP contribution in [0.25, 0.3) is 0 Å². The SMILES string of the molecule is C[C@@H](N)C(=O)NCC1CCCS1(=O)=O. The molecular weight excluding hydrogens is 204 g/mol. The molecule has 14 heavy (non-hydrogen) atoms. The van der Waals surface area contributed by atoms with Crippen LogP contribution in [-0.2, 0) is 14.6 Å². The Kier molecular flexibility index (Phi) is 3.49. The Labute approximate surface area is 84.0 Å². The quantitative estimate of drug-likeness (QED) is 0.640. The lowest BCUT2D eigenvalue weighted by molar-refractivity contribution is -0.121. The molecule has 6 heteroatoms. The molecule has 1 rings (SSSR count). The Morgan fingerprint density at radius 2 is 2.29 bits per heavy atom. The number of sulfone groups is 1. The first kappa shape index (κ1) is 11.5. The first-order chi connectivity index (χ1) is 6.43. The van der Waals surface area contributed by atoms with E-state index in [0.717, 1.165) is 0 Å². The van der Waals surface area contributed by atoms with Gasteiger partial charge in [0.2, 0.25) is 5.91 Å². The van der Waals surface area contributed by atoms with Crippen molar-refractivity contribution in [3.63, 3.8) is 0 Å². The summed E-state index contributed by atoms with van der Waals surface area (Å²) in [5.74, 6) is -0.0572. The monoisotopic (exact) mass is 220 g/mol. The molecule has 0 saturated carbocycles. The zero-order valence-electron chi connectivity index (χ0n) is 8.19. The molecule has 0 aromatic carbocycles. The summed E-state index contributed by atoms with van der Waals surface area (Å²) in [6.07, 6.45) is 1.34. The van der Waals surface area contributed by atoms with Gasteiger partial charge in [-0.3, -0.25) is 4.79 Å². The van der Waals surface area contributed by atoms with Crippen molar-refractivity contribution in [3.8, 4) is 0 Å². The minimum atomic E-state index is -2.96. The molecule has 1 aliphatic rings. The highest BCUT2D eigenvalue weighted by Crippen LogP contribution is 2.18. The zero-order chi connectivity index (χ0) is 10.8. The molecular formula is C8H16N2O3S. The van der Waals surface area contributed by atoms with Gasteiger partial charge in [-0.25, -0.2) is 8.42 Å². The number of amides is 1. The third kappa shape index (κ3) is 2.68. The van der Waals surface area contributed by atoms with Crippen LogP contribution in [0.2, 0.25) is 0 Å². The summed E-state index contributed by atoms with van der Waals surface area (Å²) < 4.78 is 22.7. The van der Waals surface area contributed by atoms with Gasteiger partial charge in [0.15, 0.2) is 9.84 Å². The van der Waals surface area contributed by atoms with E-state index in [9.17, 15) is 13.2 Å². The van der Waals surface area contributed by atoms with Crippen LogP contribution in [0, 0.1) is 0 Å². The van der Waals surface area contributed by atoms with Gasteiger partial charge in [-0.1, -0.05) is 0 Å². The maximum Gasteiger partial charge on any atom is 0.236 e. The summed E-state index contributed by atoms with van der Waals surface area (Å²) in [6.45, 7) is 1.77. The van der Waals surface area contributed by atoms with E-state index in [1.165, 1.54) is 0 Å². The Morgan fingerprint density at radius 3 is 2.71 bits per heavy atom. The molecule has 82 valence electrons. The molecule has 0 aromatic rings. The number of nitrogens with one attached hydrogen (secondary N) is 1. The van der Waals surface area contributed by atoms with Crippen molar-refractivity contribution in [3.05, 3.63) is 0 Å². The van der Waals surface area contributed by atoms with Gasteiger partial charge in [-0.15, -0.1) is 0 Å². The maximum atomic E-state index is 11.4. The summed E-state index contributed by atoms with van der Waals surface area (Å²) in [5, 5.41) is 2.12. The first-order valence-electron chi connectivity index (χ1n) is 4.68. The number of rotatable bonds is 3. The highest BCUT2D eigenvalue weighted by Gasteiger charge is 2.31. The maximum absolute atomic E-state index is 11.4. The van der Waals surface area contributed by atoms with Crippen molar-refractivity contribution >= 4 is 15.7 Å². The molecule has 1 heterocycles. The van der Waals surface area contributed by atoms with Crippen LogP contribution < -0.4 is 11.1 Å². The molecule has 0 radical (unpaired) electrons. The molecule has 1 fully saturated rings. The average molecular weight is 220 g/mol. The van der Waals surface area contributed by atoms with Crippen molar-refractivity contribution in [2.75, 3.05) is 12.3 Å². The number of carbonyl (C=O) groups excluding carboxylic acids is 1. The second-order valence-corrected chi connectivity index (χ2v) is 6.07. The van der Waals surface area contributed by atoms with Crippen molar-refractivity contribution in [1.82, 2.24) is 5.32 Å². The second-order valence-electron chi connectivity index (χ2n) is 3.67. The van der Waals surface area contributed by atoms with Crippen LogP contribution in [0.3, 0.4) is 0 Å². The molecule has 0 aromatic heterocycles. The smallest absolute Gasteiger partial charge is 0.236 e. The van der Waals surface area contributed by atoms with Gasteiger partial charge in [-0.2, -0.15) is 0 Å². The van der Waals surface area contributed by atoms with Gasteiger partial charge < -0.3 is 11.1 Å². The van der Waals surface area contributed by atoms with Gasteiger partial charge in [0.25, 0.3) is 0 Å². The highest BCUT2D eigenvalue weighted by atomic mass is 32.2. The van der Waals surface area contributed by atoms with E-state index in [1.54, 1.807) is 6.92 Å². The lowest BCUT2D eigenvalue weighted by atomic mass is 10.2. The molecule has 0 aliphatic carbocycles. The second kappa shape index (κ2) is 4.27. The van der Waals surface area contributed by atoms with E-state index in [4.69, 9.17) is 5.73 Å². The standard InChI is InChI=1S/C8H16N2O3S/c1-6(9)8(11)10-5-7-3-2-4-14(7,12)13/h6-7H,2-5,9H2,1H3,(H,10,11)/t6-,7?/m1/s1. The molecule has 1 aliphatic heterocycles. The fourth-order valence-electron chi connectivity index (χ4n) is 1.46. The van der Waals surface area contributed by atoms with E-state index >= 15 is 0 Å². The third-order valence-corrected chi connectivity index (χ3v) is 4.66. The average Bonchev–Trinajstić information content (AvgIpc) is 2.40. The molecule has 1 unspecified atom stereocenters. The summed E-state index contributed by atoms with van der Waals surface area (Å²) >= 11 is 0. The topological polar surface area (TPSA) is 89.3 Å². The van der Waals surface area contributed by atoms with Crippen LogP contribution >= 0.6 is 0 Å². The molecule has 1 saturated heterocycles. The van der Waals surface area contributed by atoms with Gasteiger partial charge >= 0.3 is 0 Å². The zero-order valence-corrected chi connectivity index (χ0v) is 9.01. The Bertz CT molecular complexity index is 311. The first-order valence-corrected chi connectivity index (χ1v) is 6.40. The Morgan fingerprint density at radius 1 is 1.64 bits per heavy atom. The van der Waals surface area contributed by atoms with Crippen LogP contribution in [0.1, 0.15) is 19.8 Å². The Balaban J connectivity index is 2.43. The van der Waals surface area contributed by atoms with E-state index in [-0.39, 0.29) is 18.2 Å². The normalized spacial score (nSPS) is 27.1. The molecule has 5 nitrogen and oxygen atoms in total. The van der Waals surface area contributed by atoms with Crippen molar-refractivity contribution < 1.29 is 13.2 Å². The van der Waals surface area contributed by atoms with Gasteiger partial charge in [-0.05, 0) is 19.8 Å². The third-order valence-electron chi connectivity index (χ3n) is 2.38. The molecule has 0 spiro atoms. The summed E-state index contributed by atoms with van der Waals surface area (Å²) in [6, 6.07) is -0.584. The van der Waals surface area contributed by atoms with Crippen LogP contribution in [0.15, 0.2) is 0 Å². The fraction of sp³-hybridized carbons (Fsp3) is 0.875. The fourth-order valence-corrected chi connectivity index (χ4v) is 3.23. The lowest BCUT2D eigenvalue weighted by Crippen LogP contribution is -2.42. The molecule has 3 N–H and O–H groups in total. The predicted molar refractivity (Wildman–Crippen MR) is 53.5 cm³/mol. The lowest BCUT2D eigenvalue weighted by Gasteiger charge is -2.12. The number of hydrogen-bond acceptors (Lipinski definition) is 4. The van der Waals surface area contributed by atoms with Crippen molar-refractivity contribution in [1.29, 1.82) is 0 Å². The van der Waals surface area contributed by atoms with Crippen molar-refractivity contribution in [2.24, 2.45) is 5.73 Å². The van der Waals surface area contributed by atoms with Gasteiger partial charge in [0, 0.05) is 6.54 Å². The van der Waals surface area contributed by atoms with Crippen LogP contribution in [-0.4, -0.2) is 37.9 Å².